The highest BCUT2D eigenvalue weighted by Crippen LogP contribution is 2.13. The second-order valence-electron chi connectivity index (χ2n) is 6.39. The van der Waals surface area contributed by atoms with Gasteiger partial charge in [-0.3, -0.25) is 14.6 Å². The van der Waals surface area contributed by atoms with Gasteiger partial charge >= 0.3 is 5.97 Å². The molecule has 1 aliphatic rings. The van der Waals surface area contributed by atoms with Gasteiger partial charge in [0.15, 0.2) is 0 Å². The lowest BCUT2D eigenvalue weighted by atomic mass is 10.1. The van der Waals surface area contributed by atoms with Crippen LogP contribution in [-0.2, 0) is 22.5 Å². The zero-order chi connectivity index (χ0) is 16.7. The van der Waals surface area contributed by atoms with E-state index < -0.39 is 5.97 Å². The number of carboxylic acid groups (broad SMARTS) is 1. The number of ether oxygens (including phenoxy) is 1. The monoisotopic (exact) mass is 320 g/mol. The molecule has 1 heterocycles. The predicted molar refractivity (Wildman–Crippen MR) is 90.6 cm³/mol. The van der Waals surface area contributed by atoms with Crippen LogP contribution in [0.1, 0.15) is 24.5 Å². The molecular formula is C18H28N2O3. The van der Waals surface area contributed by atoms with E-state index in [0.29, 0.717) is 13.2 Å². The largest absolute Gasteiger partial charge is 0.480 e. The molecule has 2 rings (SSSR count). The maximum atomic E-state index is 10.7. The van der Waals surface area contributed by atoms with Crippen molar-refractivity contribution in [3.8, 4) is 0 Å². The van der Waals surface area contributed by atoms with E-state index in [-0.39, 0.29) is 12.6 Å². The number of benzene rings is 1. The molecule has 1 unspecified atom stereocenters. The molecule has 1 N–H and O–H groups in total. The highest BCUT2D eigenvalue weighted by molar-refractivity contribution is 5.69. The molecule has 1 aliphatic heterocycles. The molecule has 1 fully saturated rings. The molecule has 1 aromatic rings. The Bertz CT molecular complexity index is 507. The first-order valence-electron chi connectivity index (χ1n) is 8.39. The van der Waals surface area contributed by atoms with Crippen molar-refractivity contribution in [3.63, 3.8) is 0 Å². The second-order valence-corrected chi connectivity index (χ2v) is 6.39. The lowest BCUT2D eigenvalue weighted by molar-refractivity contribution is -0.138. The number of carbonyl (C=O) groups is 1. The Balaban J connectivity index is 1.86. The fourth-order valence-electron chi connectivity index (χ4n) is 3.11. The minimum absolute atomic E-state index is 0.0545. The molecule has 5 heteroatoms. The fourth-order valence-corrected chi connectivity index (χ4v) is 3.11. The molecule has 0 aromatic heterocycles. The Morgan fingerprint density at radius 2 is 2.22 bits per heavy atom. The number of hydrogen-bond acceptors (Lipinski definition) is 4. The van der Waals surface area contributed by atoms with E-state index in [1.165, 1.54) is 17.5 Å². The zero-order valence-corrected chi connectivity index (χ0v) is 14.2. The van der Waals surface area contributed by atoms with Crippen LogP contribution < -0.4 is 0 Å². The average Bonchev–Trinajstić information content (AvgIpc) is 2.47. The van der Waals surface area contributed by atoms with Gasteiger partial charge in [0, 0.05) is 26.2 Å². The highest BCUT2D eigenvalue weighted by Gasteiger charge is 2.22. The SMILES string of the molecule is CCCc1cccc(CN2CCOC(CN(C)CC(=O)O)C2)c1. The third-order valence-electron chi connectivity index (χ3n) is 4.08. The Labute approximate surface area is 138 Å². The van der Waals surface area contributed by atoms with E-state index in [4.69, 9.17) is 9.84 Å². The number of carboxylic acids is 1. The lowest BCUT2D eigenvalue weighted by Gasteiger charge is -2.34. The van der Waals surface area contributed by atoms with Crippen LogP contribution in [0, 0.1) is 0 Å². The summed E-state index contributed by atoms with van der Waals surface area (Å²) in [5.74, 6) is -0.798. The van der Waals surface area contributed by atoms with Crippen molar-refractivity contribution in [3.05, 3.63) is 35.4 Å². The maximum Gasteiger partial charge on any atom is 0.317 e. The number of aryl methyl sites for hydroxylation is 1. The van der Waals surface area contributed by atoms with Gasteiger partial charge in [0.25, 0.3) is 0 Å². The average molecular weight is 320 g/mol. The van der Waals surface area contributed by atoms with E-state index in [1.807, 2.05) is 7.05 Å². The number of rotatable bonds is 8. The lowest BCUT2D eigenvalue weighted by Crippen LogP contribution is -2.47. The van der Waals surface area contributed by atoms with Gasteiger partial charge in [-0.1, -0.05) is 37.6 Å². The summed E-state index contributed by atoms with van der Waals surface area (Å²) in [6, 6.07) is 8.81. The van der Waals surface area contributed by atoms with Crippen molar-refractivity contribution in [1.82, 2.24) is 9.80 Å². The van der Waals surface area contributed by atoms with E-state index in [1.54, 1.807) is 4.90 Å². The maximum absolute atomic E-state index is 10.7. The van der Waals surface area contributed by atoms with E-state index >= 15 is 0 Å². The van der Waals surface area contributed by atoms with Crippen LogP contribution in [0.15, 0.2) is 24.3 Å². The van der Waals surface area contributed by atoms with Gasteiger partial charge in [0.05, 0.1) is 19.3 Å². The third-order valence-corrected chi connectivity index (χ3v) is 4.08. The molecule has 0 saturated carbocycles. The van der Waals surface area contributed by atoms with Gasteiger partial charge in [-0.25, -0.2) is 0 Å². The summed E-state index contributed by atoms with van der Waals surface area (Å²) in [6.45, 7) is 6.32. The summed E-state index contributed by atoms with van der Waals surface area (Å²) in [5, 5.41) is 8.84. The van der Waals surface area contributed by atoms with Crippen molar-refractivity contribution in [2.24, 2.45) is 0 Å². The standard InChI is InChI=1S/C18H28N2O3/c1-3-5-15-6-4-7-16(10-15)11-20-8-9-23-17(13-20)12-19(2)14-18(21)22/h4,6-7,10,17H,3,5,8-9,11-14H2,1-2H3,(H,21,22). The quantitative estimate of drug-likeness (QED) is 0.792. The van der Waals surface area contributed by atoms with Gasteiger partial charge in [0.1, 0.15) is 0 Å². The normalized spacial score (nSPS) is 19.2. The van der Waals surface area contributed by atoms with Crippen molar-refractivity contribution >= 4 is 5.97 Å². The van der Waals surface area contributed by atoms with Crippen molar-refractivity contribution in [2.45, 2.75) is 32.4 Å². The van der Waals surface area contributed by atoms with Crippen LogP contribution in [0.5, 0.6) is 0 Å². The van der Waals surface area contributed by atoms with E-state index in [9.17, 15) is 4.79 Å². The highest BCUT2D eigenvalue weighted by atomic mass is 16.5. The topological polar surface area (TPSA) is 53.0 Å². The summed E-state index contributed by atoms with van der Waals surface area (Å²) in [7, 11) is 1.82. The van der Waals surface area contributed by atoms with Crippen LogP contribution in [0.2, 0.25) is 0 Å². The Kier molecular flexibility index (Phi) is 7.02. The minimum Gasteiger partial charge on any atom is -0.480 e. The molecule has 5 nitrogen and oxygen atoms in total. The minimum atomic E-state index is -0.798. The van der Waals surface area contributed by atoms with Crippen molar-refractivity contribution in [1.29, 1.82) is 0 Å². The van der Waals surface area contributed by atoms with E-state index in [2.05, 4.69) is 36.1 Å². The summed E-state index contributed by atoms with van der Waals surface area (Å²) in [4.78, 5) is 14.9. The van der Waals surface area contributed by atoms with Crippen molar-refractivity contribution in [2.75, 3.05) is 39.8 Å². The van der Waals surface area contributed by atoms with Crippen molar-refractivity contribution < 1.29 is 14.6 Å². The molecule has 0 radical (unpaired) electrons. The van der Waals surface area contributed by atoms with Gasteiger partial charge in [0.2, 0.25) is 0 Å². The number of hydrogen-bond donors (Lipinski definition) is 1. The number of likely N-dealkylation sites (N-methyl/N-ethyl adjacent to an activating group) is 1. The van der Waals surface area contributed by atoms with Crippen LogP contribution in [0.4, 0.5) is 0 Å². The molecule has 0 amide bonds. The van der Waals surface area contributed by atoms with Gasteiger partial charge < -0.3 is 9.84 Å². The number of aliphatic carboxylic acids is 1. The Morgan fingerprint density at radius 1 is 1.43 bits per heavy atom. The molecule has 1 atom stereocenters. The fraction of sp³-hybridized carbons (Fsp3) is 0.611. The van der Waals surface area contributed by atoms with Gasteiger partial charge in [-0.2, -0.15) is 0 Å². The van der Waals surface area contributed by atoms with Gasteiger partial charge in [-0.05, 0) is 24.6 Å². The molecule has 0 bridgehead atoms. The Hall–Kier alpha value is -1.43. The van der Waals surface area contributed by atoms with Crippen LogP contribution >= 0.6 is 0 Å². The molecule has 128 valence electrons. The molecular weight excluding hydrogens is 292 g/mol. The molecule has 1 saturated heterocycles. The van der Waals surface area contributed by atoms with Crippen LogP contribution in [-0.4, -0.2) is 66.8 Å². The molecule has 23 heavy (non-hydrogen) atoms. The predicted octanol–water partition coefficient (Wildman–Crippen LogP) is 1.86. The summed E-state index contributed by atoms with van der Waals surface area (Å²) in [6.07, 6.45) is 2.37. The first-order valence-corrected chi connectivity index (χ1v) is 8.39. The van der Waals surface area contributed by atoms with Gasteiger partial charge in [-0.15, -0.1) is 0 Å². The summed E-state index contributed by atoms with van der Waals surface area (Å²) >= 11 is 0. The smallest absolute Gasteiger partial charge is 0.317 e. The van der Waals surface area contributed by atoms with E-state index in [0.717, 1.165) is 26.1 Å². The van der Waals surface area contributed by atoms with Crippen LogP contribution in [0.3, 0.4) is 0 Å². The third kappa shape index (κ3) is 6.29. The molecule has 0 spiro atoms. The summed E-state index contributed by atoms with van der Waals surface area (Å²) in [5.41, 5.74) is 2.74. The first kappa shape index (κ1) is 17.9. The molecule has 1 aromatic carbocycles. The summed E-state index contributed by atoms with van der Waals surface area (Å²) < 4.78 is 5.78. The second kappa shape index (κ2) is 9.01. The number of morpholine rings is 1. The first-order chi connectivity index (χ1) is 11.1. The van der Waals surface area contributed by atoms with Crippen LogP contribution in [0.25, 0.3) is 0 Å². The zero-order valence-electron chi connectivity index (χ0n) is 14.2. The number of nitrogens with zero attached hydrogens (tertiary/aromatic N) is 2. The molecule has 0 aliphatic carbocycles. The Morgan fingerprint density at radius 3 is 2.96 bits per heavy atom.